The van der Waals surface area contributed by atoms with E-state index in [1.807, 2.05) is 13.8 Å². The molecule has 2 atom stereocenters. The Hall–Kier alpha value is -1.81. The first-order chi connectivity index (χ1) is 11.5. The van der Waals surface area contributed by atoms with Gasteiger partial charge in [-0.1, -0.05) is 18.7 Å². The maximum atomic E-state index is 11.8. The van der Waals surface area contributed by atoms with Gasteiger partial charge in [0.15, 0.2) is 5.16 Å². The molecule has 0 aromatic carbocycles. The lowest BCUT2D eigenvalue weighted by Gasteiger charge is -2.12. The van der Waals surface area contributed by atoms with Crippen LogP contribution < -0.4 is 16.3 Å². The van der Waals surface area contributed by atoms with E-state index in [0.29, 0.717) is 18.3 Å². The second kappa shape index (κ2) is 8.88. The van der Waals surface area contributed by atoms with Gasteiger partial charge in [-0.3, -0.25) is 14.7 Å². The fourth-order valence-electron chi connectivity index (χ4n) is 2.22. The number of thioether (sulfide) groups is 1. The van der Waals surface area contributed by atoms with Crippen molar-refractivity contribution in [1.82, 2.24) is 25.4 Å². The quantitative estimate of drug-likeness (QED) is 0.611. The van der Waals surface area contributed by atoms with Crippen molar-refractivity contribution in [3.05, 3.63) is 10.5 Å². The molecule has 1 aliphatic rings. The summed E-state index contributed by atoms with van der Waals surface area (Å²) in [5.74, 6) is -0.455. The third-order valence-electron chi connectivity index (χ3n) is 3.71. The number of imide groups is 1. The largest absolute Gasteiger partial charge is 0.376 e. The average molecular weight is 357 g/mol. The van der Waals surface area contributed by atoms with Crippen LogP contribution in [0.5, 0.6) is 0 Å². The van der Waals surface area contributed by atoms with Gasteiger partial charge >= 0.3 is 11.7 Å². The molecule has 0 radical (unpaired) electrons. The summed E-state index contributed by atoms with van der Waals surface area (Å²) in [6, 6.07) is -0.526. The first kappa shape index (κ1) is 18.5. The highest BCUT2D eigenvalue weighted by molar-refractivity contribution is 7.99. The summed E-state index contributed by atoms with van der Waals surface area (Å²) >= 11 is 1.10. The maximum absolute atomic E-state index is 11.8. The van der Waals surface area contributed by atoms with Crippen LogP contribution in [-0.4, -0.2) is 51.2 Å². The third kappa shape index (κ3) is 5.38. The summed E-state index contributed by atoms with van der Waals surface area (Å²) in [7, 11) is 0. The van der Waals surface area contributed by atoms with Crippen molar-refractivity contribution < 1.29 is 14.3 Å². The van der Waals surface area contributed by atoms with Gasteiger partial charge in [0, 0.05) is 12.6 Å². The van der Waals surface area contributed by atoms with Crippen LogP contribution in [0.15, 0.2) is 9.95 Å². The summed E-state index contributed by atoms with van der Waals surface area (Å²) in [5.41, 5.74) is -0.331. The summed E-state index contributed by atoms with van der Waals surface area (Å²) < 4.78 is 6.98. The van der Waals surface area contributed by atoms with Gasteiger partial charge in [0.1, 0.15) is 0 Å². The predicted molar refractivity (Wildman–Crippen MR) is 89.0 cm³/mol. The number of hydrogen-bond donors (Lipinski definition) is 3. The molecule has 1 aromatic heterocycles. The molecular formula is C14H23N5O4S. The molecule has 9 nitrogen and oxygen atoms in total. The molecule has 134 valence electrons. The molecule has 2 rings (SSSR count). The topological polar surface area (TPSA) is 118 Å². The van der Waals surface area contributed by atoms with E-state index >= 15 is 0 Å². The number of nitrogens with zero attached hydrogens (tertiary/aromatic N) is 2. The van der Waals surface area contributed by atoms with E-state index < -0.39 is 11.9 Å². The summed E-state index contributed by atoms with van der Waals surface area (Å²) in [5, 5.41) is 11.6. The number of amides is 3. The van der Waals surface area contributed by atoms with Crippen molar-refractivity contribution in [3.8, 4) is 0 Å². The molecular weight excluding hydrogens is 334 g/mol. The van der Waals surface area contributed by atoms with E-state index in [2.05, 4.69) is 20.8 Å². The van der Waals surface area contributed by atoms with E-state index in [0.717, 1.165) is 31.0 Å². The van der Waals surface area contributed by atoms with Crippen LogP contribution in [0.25, 0.3) is 0 Å². The first-order valence-corrected chi connectivity index (χ1v) is 8.98. The van der Waals surface area contributed by atoms with E-state index in [-0.39, 0.29) is 23.6 Å². The van der Waals surface area contributed by atoms with Crippen LogP contribution in [0.2, 0.25) is 0 Å². The Morgan fingerprint density at radius 3 is 3.00 bits per heavy atom. The van der Waals surface area contributed by atoms with E-state index in [1.165, 1.54) is 4.57 Å². The average Bonchev–Trinajstić information content (AvgIpc) is 3.17. The molecule has 0 spiro atoms. The van der Waals surface area contributed by atoms with Crippen LogP contribution in [0.1, 0.15) is 33.1 Å². The summed E-state index contributed by atoms with van der Waals surface area (Å²) in [4.78, 5) is 35.2. The Balaban J connectivity index is 1.84. The van der Waals surface area contributed by atoms with Gasteiger partial charge in [-0.25, -0.2) is 14.7 Å². The number of hydrogen-bond acceptors (Lipinski definition) is 6. The zero-order chi connectivity index (χ0) is 17.5. The summed E-state index contributed by atoms with van der Waals surface area (Å²) in [6.45, 7) is 4.90. The molecule has 0 saturated carbocycles. The number of urea groups is 1. The van der Waals surface area contributed by atoms with Crippen molar-refractivity contribution in [3.63, 3.8) is 0 Å². The van der Waals surface area contributed by atoms with Gasteiger partial charge in [0.25, 0.3) is 0 Å². The number of carbonyl (C=O) groups is 2. The standard InChI is InChI=1S/C14H23N5O4S/c1-3-9(2)15-12(21)16-11(20)8-24-14-18-17-13(22)19(14)7-10-5-4-6-23-10/h9-10H,3-8H2,1-2H3,(H,17,22)(H2,15,16,20,21)/t9-,10-/m1/s1. The predicted octanol–water partition coefficient (Wildman–Crippen LogP) is 0.467. The van der Waals surface area contributed by atoms with Crippen molar-refractivity contribution in [2.24, 2.45) is 0 Å². The van der Waals surface area contributed by atoms with E-state index in [9.17, 15) is 14.4 Å². The number of aromatic amines is 1. The number of H-pyrrole nitrogens is 1. The molecule has 1 aromatic rings. The van der Waals surface area contributed by atoms with Gasteiger partial charge in [-0.05, 0) is 26.2 Å². The normalized spacial score (nSPS) is 18.3. The maximum Gasteiger partial charge on any atom is 0.344 e. The Bertz CT molecular complexity index is 623. The zero-order valence-electron chi connectivity index (χ0n) is 13.8. The van der Waals surface area contributed by atoms with E-state index in [4.69, 9.17) is 4.74 Å². The van der Waals surface area contributed by atoms with Gasteiger partial charge in [-0.2, -0.15) is 0 Å². The van der Waals surface area contributed by atoms with Gasteiger partial charge in [-0.15, -0.1) is 5.10 Å². The van der Waals surface area contributed by atoms with Gasteiger partial charge in [0.05, 0.1) is 18.4 Å². The minimum absolute atomic E-state index is 0.00483. The lowest BCUT2D eigenvalue weighted by molar-refractivity contribution is -0.117. The number of aromatic nitrogens is 3. The molecule has 1 saturated heterocycles. The molecule has 3 N–H and O–H groups in total. The second-order valence-electron chi connectivity index (χ2n) is 5.68. The number of ether oxygens (including phenoxy) is 1. The van der Waals surface area contributed by atoms with Gasteiger partial charge in [0.2, 0.25) is 5.91 Å². The SMILES string of the molecule is CC[C@@H](C)NC(=O)NC(=O)CSc1n[nH]c(=O)n1C[C@H]1CCCO1. The van der Waals surface area contributed by atoms with Crippen molar-refractivity contribution in [1.29, 1.82) is 0 Å². The first-order valence-electron chi connectivity index (χ1n) is 7.99. The third-order valence-corrected chi connectivity index (χ3v) is 4.69. The Morgan fingerprint density at radius 2 is 2.33 bits per heavy atom. The highest BCUT2D eigenvalue weighted by Gasteiger charge is 2.20. The molecule has 0 bridgehead atoms. The molecule has 2 heterocycles. The van der Waals surface area contributed by atoms with Crippen molar-refractivity contribution in [2.45, 2.75) is 57.0 Å². The van der Waals surface area contributed by atoms with Crippen molar-refractivity contribution in [2.75, 3.05) is 12.4 Å². The molecule has 0 unspecified atom stereocenters. The number of nitrogens with one attached hydrogen (secondary N) is 3. The number of carbonyl (C=O) groups excluding carboxylic acids is 2. The highest BCUT2D eigenvalue weighted by Crippen LogP contribution is 2.17. The van der Waals surface area contributed by atoms with Crippen LogP contribution >= 0.6 is 11.8 Å². The fourth-order valence-corrected chi connectivity index (χ4v) is 2.98. The molecule has 3 amide bonds. The zero-order valence-corrected chi connectivity index (χ0v) is 14.6. The second-order valence-corrected chi connectivity index (χ2v) is 6.62. The molecule has 24 heavy (non-hydrogen) atoms. The molecule has 10 heteroatoms. The monoisotopic (exact) mass is 357 g/mol. The minimum atomic E-state index is -0.520. The molecule has 0 aliphatic carbocycles. The molecule has 1 fully saturated rings. The Kier molecular flexibility index (Phi) is 6.85. The Labute approximate surface area is 143 Å². The van der Waals surface area contributed by atoms with Crippen LogP contribution in [0.3, 0.4) is 0 Å². The van der Waals surface area contributed by atoms with Crippen LogP contribution in [-0.2, 0) is 16.1 Å². The molecule has 1 aliphatic heterocycles. The highest BCUT2D eigenvalue weighted by atomic mass is 32.2. The van der Waals surface area contributed by atoms with Gasteiger partial charge < -0.3 is 10.1 Å². The number of rotatable bonds is 7. The van der Waals surface area contributed by atoms with Crippen molar-refractivity contribution >= 4 is 23.7 Å². The van der Waals surface area contributed by atoms with E-state index in [1.54, 1.807) is 0 Å². The van der Waals surface area contributed by atoms with Crippen LogP contribution in [0, 0.1) is 0 Å². The lowest BCUT2D eigenvalue weighted by atomic mass is 10.2. The lowest BCUT2D eigenvalue weighted by Crippen LogP contribution is -2.43. The Morgan fingerprint density at radius 1 is 1.54 bits per heavy atom. The summed E-state index contributed by atoms with van der Waals surface area (Å²) in [6.07, 6.45) is 2.65. The van der Waals surface area contributed by atoms with Crippen LogP contribution in [0.4, 0.5) is 4.79 Å². The fraction of sp³-hybridized carbons (Fsp3) is 0.714. The minimum Gasteiger partial charge on any atom is -0.376 e. The smallest absolute Gasteiger partial charge is 0.344 e.